The van der Waals surface area contributed by atoms with Crippen molar-refractivity contribution in [1.82, 2.24) is 14.3 Å². The number of benzene rings is 1. The van der Waals surface area contributed by atoms with Crippen molar-refractivity contribution in [3.8, 4) is 0 Å². The topological polar surface area (TPSA) is 27.2 Å². The van der Waals surface area contributed by atoms with Crippen molar-refractivity contribution in [2.45, 2.75) is 39.5 Å². The van der Waals surface area contributed by atoms with Crippen molar-refractivity contribution in [2.75, 3.05) is 6.54 Å². The fourth-order valence-electron chi connectivity index (χ4n) is 3.66. The predicted octanol–water partition coefficient (Wildman–Crippen LogP) is 2.99. The predicted molar refractivity (Wildman–Crippen MR) is 104 cm³/mol. The van der Waals surface area contributed by atoms with Crippen LogP contribution in [0, 0.1) is 11.7 Å². The van der Waals surface area contributed by atoms with Gasteiger partial charge in [0, 0.05) is 16.9 Å². The van der Waals surface area contributed by atoms with Gasteiger partial charge in [0.2, 0.25) is 4.77 Å². The van der Waals surface area contributed by atoms with E-state index in [9.17, 15) is 0 Å². The molecule has 1 aliphatic rings. The number of thiophene rings is 1. The number of fused-ring (bicyclic) bond motifs is 1. The van der Waals surface area contributed by atoms with E-state index in [1.807, 2.05) is 29.0 Å². The van der Waals surface area contributed by atoms with Crippen molar-refractivity contribution in [1.29, 1.82) is 0 Å². The molecule has 2 atom stereocenters. The summed E-state index contributed by atoms with van der Waals surface area (Å²) in [6.45, 7) is 7.11. The summed E-state index contributed by atoms with van der Waals surface area (Å²) in [4.78, 5) is 3.08. The molecule has 0 fully saturated rings. The number of nitrogens with one attached hydrogen (secondary N) is 1. The molecule has 1 N–H and O–H groups in total. The second-order valence-corrected chi connectivity index (χ2v) is 8.10. The fraction of sp³-hybridized carbons (Fsp3) is 0.368. The zero-order chi connectivity index (χ0) is 17.4. The Kier molecular flexibility index (Phi) is 4.58. The molecule has 0 aliphatic carbocycles. The van der Waals surface area contributed by atoms with Crippen molar-refractivity contribution in [3.63, 3.8) is 0 Å². The highest BCUT2D eigenvalue weighted by Gasteiger charge is 2.28. The lowest BCUT2D eigenvalue weighted by atomic mass is 10.0. The number of nitrogens with zero attached hydrogens (tertiary/aromatic N) is 3. The van der Waals surface area contributed by atoms with Crippen LogP contribution in [0.3, 0.4) is 0 Å². The van der Waals surface area contributed by atoms with Crippen LogP contribution in [0.4, 0.5) is 0 Å². The van der Waals surface area contributed by atoms with E-state index in [2.05, 4.69) is 47.2 Å². The molecule has 25 heavy (non-hydrogen) atoms. The molecule has 1 aromatic carbocycles. The molecule has 4 rings (SSSR count). The lowest BCUT2D eigenvalue weighted by molar-refractivity contribution is -0.954. The van der Waals surface area contributed by atoms with E-state index < -0.39 is 0 Å². The van der Waals surface area contributed by atoms with E-state index in [1.54, 1.807) is 4.88 Å². The minimum Gasteiger partial charge on any atom is -0.310 e. The summed E-state index contributed by atoms with van der Waals surface area (Å²) in [6.07, 6.45) is 1.16. The second-order valence-electron chi connectivity index (χ2n) is 6.74. The zero-order valence-corrected chi connectivity index (χ0v) is 16.2. The van der Waals surface area contributed by atoms with Gasteiger partial charge in [0.15, 0.2) is 6.67 Å². The number of aryl methyl sites for hydroxylation is 1. The zero-order valence-electron chi connectivity index (χ0n) is 14.6. The molecule has 0 bridgehead atoms. The van der Waals surface area contributed by atoms with Gasteiger partial charge in [-0.1, -0.05) is 30.3 Å². The number of aromatic nitrogens is 3. The van der Waals surface area contributed by atoms with Crippen LogP contribution in [0.25, 0.3) is 0 Å². The lowest BCUT2D eigenvalue weighted by Crippen LogP contribution is -3.12. The molecule has 1 aliphatic heterocycles. The van der Waals surface area contributed by atoms with Crippen LogP contribution in [0.2, 0.25) is 0 Å². The highest BCUT2D eigenvalue weighted by atomic mass is 32.1. The van der Waals surface area contributed by atoms with Gasteiger partial charge >= 0.3 is 0 Å². The SMILES string of the molecule is Cc1nn(C[NH+]2CCc3sccc3[C@H]2C)c(=S)n1Cc1ccccc1. The number of hydrogen-bond donors (Lipinski definition) is 1. The molecule has 0 amide bonds. The lowest BCUT2D eigenvalue weighted by Gasteiger charge is -2.30. The van der Waals surface area contributed by atoms with Crippen LogP contribution in [0.15, 0.2) is 41.8 Å². The molecule has 4 nitrogen and oxygen atoms in total. The molecular formula is C19H23N4S2+. The molecule has 0 spiro atoms. The van der Waals surface area contributed by atoms with Gasteiger partial charge in [-0.2, -0.15) is 9.78 Å². The van der Waals surface area contributed by atoms with Gasteiger partial charge in [0.1, 0.15) is 11.9 Å². The van der Waals surface area contributed by atoms with Gasteiger partial charge in [-0.05, 0) is 43.1 Å². The Morgan fingerprint density at radius 1 is 1.28 bits per heavy atom. The first kappa shape index (κ1) is 16.7. The van der Waals surface area contributed by atoms with Gasteiger partial charge in [0.05, 0.1) is 13.1 Å². The molecule has 3 aromatic rings. The molecule has 1 unspecified atom stereocenters. The summed E-state index contributed by atoms with van der Waals surface area (Å²) in [6, 6.07) is 13.2. The van der Waals surface area contributed by atoms with E-state index in [-0.39, 0.29) is 0 Å². The maximum atomic E-state index is 5.73. The monoisotopic (exact) mass is 371 g/mol. The third-order valence-corrected chi connectivity index (χ3v) is 6.60. The van der Waals surface area contributed by atoms with Crippen LogP contribution in [-0.2, 0) is 19.6 Å². The molecule has 0 radical (unpaired) electrons. The minimum atomic E-state index is 0.497. The minimum absolute atomic E-state index is 0.497. The Balaban J connectivity index is 1.56. The second kappa shape index (κ2) is 6.86. The quantitative estimate of drug-likeness (QED) is 0.714. The number of rotatable bonds is 4. The van der Waals surface area contributed by atoms with E-state index >= 15 is 0 Å². The van der Waals surface area contributed by atoms with Gasteiger partial charge in [-0.25, -0.2) is 0 Å². The van der Waals surface area contributed by atoms with Crippen molar-refractivity contribution in [3.05, 3.63) is 68.4 Å². The first-order chi connectivity index (χ1) is 12.1. The third-order valence-electron chi connectivity index (χ3n) is 5.18. The van der Waals surface area contributed by atoms with Gasteiger partial charge in [-0.3, -0.25) is 4.57 Å². The van der Waals surface area contributed by atoms with E-state index in [0.29, 0.717) is 6.04 Å². The standard InChI is InChI=1S/C19H22N4S2/c1-14-17-9-11-25-18(17)8-10-21(14)13-23-19(24)22(15(2)20-23)12-16-6-4-3-5-7-16/h3-7,9,11,14H,8,10,12-13H2,1-2H3/p+1/t14-/m1/s1. The molecular weight excluding hydrogens is 348 g/mol. The van der Waals surface area contributed by atoms with Crippen molar-refractivity contribution in [2.24, 2.45) is 0 Å². The van der Waals surface area contributed by atoms with Crippen LogP contribution in [-0.4, -0.2) is 20.9 Å². The van der Waals surface area contributed by atoms with Gasteiger partial charge in [0.25, 0.3) is 0 Å². The average Bonchev–Trinajstić information content (AvgIpc) is 3.19. The maximum Gasteiger partial charge on any atom is 0.203 e. The molecule has 6 heteroatoms. The maximum absolute atomic E-state index is 5.73. The normalized spacial score (nSPS) is 19.8. The van der Waals surface area contributed by atoms with Crippen LogP contribution < -0.4 is 4.90 Å². The van der Waals surface area contributed by atoms with Crippen LogP contribution in [0.1, 0.15) is 34.8 Å². The third kappa shape index (κ3) is 3.21. The first-order valence-electron chi connectivity index (χ1n) is 8.72. The summed E-state index contributed by atoms with van der Waals surface area (Å²) in [5, 5.41) is 6.95. The van der Waals surface area contributed by atoms with E-state index in [4.69, 9.17) is 17.3 Å². The fourth-order valence-corrected chi connectivity index (χ4v) is 4.94. The Labute approximate surface area is 157 Å². The Morgan fingerprint density at radius 3 is 2.88 bits per heavy atom. The van der Waals surface area contributed by atoms with Crippen molar-refractivity contribution >= 4 is 23.6 Å². The highest BCUT2D eigenvalue weighted by Crippen LogP contribution is 2.24. The molecule has 0 saturated carbocycles. The Morgan fingerprint density at radius 2 is 2.08 bits per heavy atom. The van der Waals surface area contributed by atoms with Gasteiger partial charge in [-0.15, -0.1) is 11.3 Å². The Bertz CT molecular complexity index is 923. The number of hydrogen-bond acceptors (Lipinski definition) is 3. The number of quaternary nitrogens is 1. The summed E-state index contributed by atoms with van der Waals surface area (Å²) in [5.74, 6) is 0.981. The first-order valence-corrected chi connectivity index (χ1v) is 10.0. The largest absolute Gasteiger partial charge is 0.310 e. The summed E-state index contributed by atoms with van der Waals surface area (Å²) < 4.78 is 4.96. The van der Waals surface area contributed by atoms with E-state index in [1.165, 1.54) is 16.0 Å². The van der Waals surface area contributed by atoms with E-state index in [0.717, 1.165) is 36.8 Å². The smallest absolute Gasteiger partial charge is 0.203 e. The summed E-state index contributed by atoms with van der Waals surface area (Å²) in [5.41, 5.74) is 2.75. The Hall–Kier alpha value is -1.76. The van der Waals surface area contributed by atoms with Gasteiger partial charge < -0.3 is 4.90 Å². The molecule has 3 heterocycles. The summed E-state index contributed by atoms with van der Waals surface area (Å²) in [7, 11) is 0. The van der Waals surface area contributed by atoms with Crippen LogP contribution >= 0.6 is 23.6 Å². The average molecular weight is 372 g/mol. The molecule has 130 valence electrons. The molecule has 0 saturated heterocycles. The summed E-state index contributed by atoms with van der Waals surface area (Å²) >= 11 is 7.62. The van der Waals surface area contributed by atoms with Crippen molar-refractivity contribution < 1.29 is 4.90 Å². The highest BCUT2D eigenvalue weighted by molar-refractivity contribution is 7.71. The molecule has 2 aromatic heterocycles. The van der Waals surface area contributed by atoms with Crippen LogP contribution in [0.5, 0.6) is 0 Å².